The number of halogens is 1. The number of likely N-dealkylation sites (N-methyl/N-ethyl adjacent to an activating group) is 1. The van der Waals surface area contributed by atoms with Gasteiger partial charge in [-0.2, -0.15) is 0 Å². The molecule has 1 fully saturated rings. The van der Waals surface area contributed by atoms with E-state index in [4.69, 9.17) is 0 Å². The van der Waals surface area contributed by atoms with Crippen molar-refractivity contribution in [3.8, 4) is 0 Å². The molecule has 0 atom stereocenters. The maximum atomic E-state index is 13.0. The zero-order valence-corrected chi connectivity index (χ0v) is 8.46. The molecule has 0 aromatic heterocycles. The molecular weight excluding hydrogens is 179 g/mol. The molecule has 1 saturated heterocycles. The Morgan fingerprint density at radius 2 is 2.00 bits per heavy atom. The number of hydrogen-bond acceptors (Lipinski definition) is 1. The maximum absolute atomic E-state index is 13.0. The van der Waals surface area contributed by atoms with Gasteiger partial charge in [0.2, 0.25) is 0 Å². The largest absolute Gasteiger partial charge is 0.360 e. The predicted octanol–water partition coefficient (Wildman–Crippen LogP) is 0.160. The van der Waals surface area contributed by atoms with Crippen LogP contribution in [0.25, 0.3) is 0 Å². The first-order valence-corrected chi connectivity index (χ1v) is 5.07. The lowest BCUT2D eigenvalue weighted by atomic mass is 10.2. The van der Waals surface area contributed by atoms with Crippen LogP contribution in [0.1, 0.15) is 0 Å². The molecule has 0 unspecified atom stereocenters. The van der Waals surface area contributed by atoms with Crippen LogP contribution < -0.4 is 9.80 Å². The van der Waals surface area contributed by atoms with Crippen LogP contribution in [0.5, 0.6) is 0 Å². The average Bonchev–Trinajstić information content (AvgIpc) is 2.19. The minimum atomic E-state index is -0.145. The Morgan fingerprint density at radius 3 is 2.64 bits per heavy atom. The van der Waals surface area contributed by atoms with Crippen molar-refractivity contribution in [3.05, 3.63) is 30.1 Å². The molecule has 0 aliphatic carbocycles. The number of rotatable bonds is 1. The van der Waals surface area contributed by atoms with Crippen LogP contribution in [0.2, 0.25) is 0 Å². The summed E-state index contributed by atoms with van der Waals surface area (Å²) in [6, 6.07) is 6.85. The molecule has 3 heteroatoms. The lowest BCUT2D eigenvalue weighted by Crippen LogP contribution is -3.12. The molecule has 2 rings (SSSR count). The molecule has 0 bridgehead atoms. The highest BCUT2D eigenvalue weighted by Gasteiger charge is 2.16. The van der Waals surface area contributed by atoms with Gasteiger partial charge in [0.15, 0.2) is 0 Å². The third-order valence-electron chi connectivity index (χ3n) is 2.79. The summed E-state index contributed by atoms with van der Waals surface area (Å²) < 4.78 is 13.0. The summed E-state index contributed by atoms with van der Waals surface area (Å²) in [6.07, 6.45) is 0. The van der Waals surface area contributed by atoms with Gasteiger partial charge in [0, 0.05) is 5.69 Å². The fourth-order valence-corrected chi connectivity index (χ4v) is 1.82. The van der Waals surface area contributed by atoms with Gasteiger partial charge in [0.25, 0.3) is 0 Å². The van der Waals surface area contributed by atoms with E-state index >= 15 is 0 Å². The summed E-state index contributed by atoms with van der Waals surface area (Å²) in [6.45, 7) is 4.32. The van der Waals surface area contributed by atoms with Gasteiger partial charge in [-0.25, -0.2) is 4.39 Å². The quantitative estimate of drug-likeness (QED) is 0.671. The number of anilines is 1. The molecule has 2 nitrogen and oxygen atoms in total. The summed E-state index contributed by atoms with van der Waals surface area (Å²) in [5, 5.41) is 0. The minimum Gasteiger partial charge on any atom is -0.360 e. The SMILES string of the molecule is C[NH+]1CCN(c2cccc(F)c2)CC1. The smallest absolute Gasteiger partial charge is 0.125 e. The fraction of sp³-hybridized carbons (Fsp3) is 0.455. The summed E-state index contributed by atoms with van der Waals surface area (Å²) in [4.78, 5) is 3.80. The second kappa shape index (κ2) is 3.96. The lowest BCUT2D eigenvalue weighted by molar-refractivity contribution is -0.880. The Bertz CT molecular complexity index is 306. The maximum Gasteiger partial charge on any atom is 0.125 e. The van der Waals surface area contributed by atoms with Gasteiger partial charge in [0.05, 0.1) is 33.2 Å². The molecule has 1 N–H and O–H groups in total. The monoisotopic (exact) mass is 195 g/mol. The van der Waals surface area contributed by atoms with E-state index in [2.05, 4.69) is 11.9 Å². The van der Waals surface area contributed by atoms with Gasteiger partial charge in [-0.05, 0) is 18.2 Å². The van der Waals surface area contributed by atoms with Crippen molar-refractivity contribution < 1.29 is 9.29 Å². The summed E-state index contributed by atoms with van der Waals surface area (Å²) in [5.74, 6) is -0.145. The van der Waals surface area contributed by atoms with Crippen LogP contribution in [0.3, 0.4) is 0 Å². The van der Waals surface area contributed by atoms with Gasteiger partial charge in [-0.3, -0.25) is 0 Å². The van der Waals surface area contributed by atoms with Gasteiger partial charge >= 0.3 is 0 Å². The third-order valence-corrected chi connectivity index (χ3v) is 2.79. The van der Waals surface area contributed by atoms with E-state index in [1.807, 2.05) is 6.07 Å². The Morgan fingerprint density at radius 1 is 1.29 bits per heavy atom. The first kappa shape index (κ1) is 9.46. The summed E-state index contributed by atoms with van der Waals surface area (Å²) in [5.41, 5.74) is 1.01. The molecule has 1 aliphatic rings. The fourth-order valence-electron chi connectivity index (χ4n) is 1.82. The molecule has 0 spiro atoms. The lowest BCUT2D eigenvalue weighted by Gasteiger charge is -2.31. The van der Waals surface area contributed by atoms with E-state index in [1.54, 1.807) is 17.0 Å². The van der Waals surface area contributed by atoms with E-state index in [9.17, 15) is 4.39 Å². The molecule has 1 aromatic rings. The normalized spacial score (nSPS) is 18.6. The van der Waals surface area contributed by atoms with Crippen molar-refractivity contribution in [2.24, 2.45) is 0 Å². The Kier molecular flexibility index (Phi) is 2.68. The predicted molar refractivity (Wildman–Crippen MR) is 55.2 cm³/mol. The van der Waals surface area contributed by atoms with Crippen molar-refractivity contribution >= 4 is 5.69 Å². The molecule has 76 valence electrons. The van der Waals surface area contributed by atoms with Gasteiger partial charge in [0.1, 0.15) is 5.82 Å². The highest BCUT2D eigenvalue weighted by Crippen LogP contribution is 2.14. The van der Waals surface area contributed by atoms with Crippen LogP contribution in [0.15, 0.2) is 24.3 Å². The summed E-state index contributed by atoms with van der Waals surface area (Å²) in [7, 11) is 2.20. The number of quaternary nitrogens is 1. The molecule has 14 heavy (non-hydrogen) atoms. The van der Waals surface area contributed by atoms with Crippen LogP contribution in [0.4, 0.5) is 10.1 Å². The molecule has 0 amide bonds. The zero-order chi connectivity index (χ0) is 9.97. The number of benzene rings is 1. The molecular formula is C11H16FN2+. The van der Waals surface area contributed by atoms with Crippen molar-refractivity contribution in [2.45, 2.75) is 0 Å². The second-order valence-corrected chi connectivity index (χ2v) is 3.92. The van der Waals surface area contributed by atoms with Crippen molar-refractivity contribution in [2.75, 3.05) is 38.1 Å². The van der Waals surface area contributed by atoms with Crippen LogP contribution in [0, 0.1) is 5.82 Å². The Balaban J connectivity index is 2.08. The number of piperazine rings is 1. The Hall–Kier alpha value is -1.09. The van der Waals surface area contributed by atoms with E-state index in [0.29, 0.717) is 0 Å². The van der Waals surface area contributed by atoms with Gasteiger partial charge < -0.3 is 9.80 Å². The van der Waals surface area contributed by atoms with E-state index in [-0.39, 0.29) is 5.82 Å². The van der Waals surface area contributed by atoms with Crippen molar-refractivity contribution in [1.82, 2.24) is 0 Å². The van der Waals surface area contributed by atoms with E-state index < -0.39 is 0 Å². The molecule has 0 radical (unpaired) electrons. The van der Waals surface area contributed by atoms with Gasteiger partial charge in [-0.15, -0.1) is 0 Å². The third kappa shape index (κ3) is 2.04. The van der Waals surface area contributed by atoms with Crippen LogP contribution in [-0.2, 0) is 0 Å². The molecule has 1 heterocycles. The van der Waals surface area contributed by atoms with Crippen molar-refractivity contribution in [1.29, 1.82) is 0 Å². The number of nitrogens with one attached hydrogen (secondary N) is 1. The van der Waals surface area contributed by atoms with E-state index in [0.717, 1.165) is 31.9 Å². The van der Waals surface area contributed by atoms with E-state index in [1.165, 1.54) is 6.07 Å². The van der Waals surface area contributed by atoms with Crippen LogP contribution >= 0.6 is 0 Å². The molecule has 1 aliphatic heterocycles. The first-order chi connectivity index (χ1) is 6.75. The summed E-state index contributed by atoms with van der Waals surface area (Å²) >= 11 is 0. The first-order valence-electron chi connectivity index (χ1n) is 5.07. The minimum absolute atomic E-state index is 0.145. The zero-order valence-electron chi connectivity index (χ0n) is 8.46. The highest BCUT2D eigenvalue weighted by molar-refractivity contribution is 5.46. The molecule has 1 aromatic carbocycles. The Labute approximate surface area is 83.9 Å². The topological polar surface area (TPSA) is 7.68 Å². The van der Waals surface area contributed by atoms with Crippen LogP contribution in [-0.4, -0.2) is 33.2 Å². The molecule has 0 saturated carbocycles. The van der Waals surface area contributed by atoms with Crippen molar-refractivity contribution in [3.63, 3.8) is 0 Å². The van der Waals surface area contributed by atoms with Gasteiger partial charge in [-0.1, -0.05) is 6.07 Å². The highest BCUT2D eigenvalue weighted by atomic mass is 19.1. The second-order valence-electron chi connectivity index (χ2n) is 3.92. The standard InChI is InChI=1S/C11H15FN2/c1-13-5-7-14(8-6-13)11-4-2-3-10(12)9-11/h2-4,9H,5-8H2,1H3/p+1. The number of nitrogens with zero attached hydrogens (tertiary/aromatic N) is 1. The number of hydrogen-bond donors (Lipinski definition) is 1. The average molecular weight is 195 g/mol.